The summed E-state index contributed by atoms with van der Waals surface area (Å²) in [6.45, 7) is 0. The van der Waals surface area contributed by atoms with Gasteiger partial charge in [-0.15, -0.1) is 11.3 Å². The Morgan fingerprint density at radius 1 is 1.17 bits per heavy atom. The summed E-state index contributed by atoms with van der Waals surface area (Å²) in [5.74, 6) is -0.249. The second-order valence-corrected chi connectivity index (χ2v) is 5.81. The van der Waals surface area contributed by atoms with Crippen LogP contribution in [0.4, 0.5) is 10.1 Å². The SMILES string of the molecule is Nc1cc(Br)ccc1-c1nc2ccc(F)cc2s1. The van der Waals surface area contributed by atoms with Crippen molar-refractivity contribution in [3.05, 3.63) is 46.7 Å². The molecule has 0 aliphatic heterocycles. The van der Waals surface area contributed by atoms with Crippen molar-refractivity contribution in [1.82, 2.24) is 4.98 Å². The zero-order valence-electron chi connectivity index (χ0n) is 9.15. The van der Waals surface area contributed by atoms with Gasteiger partial charge in [0, 0.05) is 15.7 Å². The Kier molecular flexibility index (Phi) is 2.80. The highest BCUT2D eigenvalue weighted by molar-refractivity contribution is 9.10. The van der Waals surface area contributed by atoms with Gasteiger partial charge in [-0.3, -0.25) is 0 Å². The summed E-state index contributed by atoms with van der Waals surface area (Å²) < 4.78 is 14.9. The molecule has 18 heavy (non-hydrogen) atoms. The average molecular weight is 323 g/mol. The van der Waals surface area contributed by atoms with Crippen LogP contribution >= 0.6 is 27.3 Å². The highest BCUT2D eigenvalue weighted by Gasteiger charge is 2.09. The van der Waals surface area contributed by atoms with E-state index in [4.69, 9.17) is 5.73 Å². The first-order valence-electron chi connectivity index (χ1n) is 5.25. The predicted octanol–water partition coefficient (Wildman–Crippen LogP) is 4.45. The summed E-state index contributed by atoms with van der Waals surface area (Å²) in [5.41, 5.74) is 8.29. The van der Waals surface area contributed by atoms with Crippen LogP contribution in [0.2, 0.25) is 0 Å². The molecule has 3 rings (SSSR count). The fraction of sp³-hybridized carbons (Fsp3) is 0. The summed E-state index contributed by atoms with van der Waals surface area (Å²) in [7, 11) is 0. The molecule has 0 amide bonds. The molecule has 0 fully saturated rings. The summed E-state index contributed by atoms with van der Waals surface area (Å²) in [5, 5.41) is 0.806. The molecule has 90 valence electrons. The minimum atomic E-state index is -0.249. The first-order chi connectivity index (χ1) is 8.63. The second-order valence-electron chi connectivity index (χ2n) is 3.86. The van der Waals surface area contributed by atoms with Gasteiger partial charge in [0.1, 0.15) is 10.8 Å². The van der Waals surface area contributed by atoms with Gasteiger partial charge in [-0.25, -0.2) is 9.37 Å². The fourth-order valence-electron chi connectivity index (χ4n) is 1.74. The van der Waals surface area contributed by atoms with Gasteiger partial charge in [-0.05, 0) is 36.4 Å². The molecular weight excluding hydrogens is 315 g/mol. The lowest BCUT2D eigenvalue weighted by molar-refractivity contribution is 0.630. The molecule has 0 bridgehead atoms. The monoisotopic (exact) mass is 322 g/mol. The maximum absolute atomic E-state index is 13.1. The van der Waals surface area contributed by atoms with Gasteiger partial charge in [-0.2, -0.15) is 0 Å². The van der Waals surface area contributed by atoms with Crippen LogP contribution in [-0.2, 0) is 0 Å². The van der Waals surface area contributed by atoms with Crippen LogP contribution in [0.5, 0.6) is 0 Å². The van der Waals surface area contributed by atoms with Crippen molar-refractivity contribution in [3.8, 4) is 10.6 Å². The number of nitrogens with two attached hydrogens (primary N) is 1. The van der Waals surface area contributed by atoms with E-state index in [9.17, 15) is 4.39 Å². The molecule has 0 radical (unpaired) electrons. The van der Waals surface area contributed by atoms with Gasteiger partial charge in [0.2, 0.25) is 0 Å². The van der Waals surface area contributed by atoms with Gasteiger partial charge < -0.3 is 5.73 Å². The molecule has 0 saturated carbocycles. The molecule has 0 aliphatic carbocycles. The zero-order valence-corrected chi connectivity index (χ0v) is 11.6. The quantitative estimate of drug-likeness (QED) is 0.672. The van der Waals surface area contributed by atoms with E-state index in [1.807, 2.05) is 18.2 Å². The normalized spacial score (nSPS) is 11.0. The van der Waals surface area contributed by atoms with Crippen LogP contribution in [0, 0.1) is 5.82 Å². The van der Waals surface area contributed by atoms with Crippen LogP contribution in [0.15, 0.2) is 40.9 Å². The van der Waals surface area contributed by atoms with Crippen LogP contribution in [0.1, 0.15) is 0 Å². The van der Waals surface area contributed by atoms with E-state index in [0.717, 1.165) is 25.3 Å². The Bertz CT molecular complexity index is 739. The number of aromatic nitrogens is 1. The van der Waals surface area contributed by atoms with Crippen molar-refractivity contribution < 1.29 is 4.39 Å². The van der Waals surface area contributed by atoms with Crippen LogP contribution in [-0.4, -0.2) is 4.98 Å². The summed E-state index contributed by atoms with van der Waals surface area (Å²) >= 11 is 4.80. The smallest absolute Gasteiger partial charge is 0.126 e. The number of anilines is 1. The molecule has 2 aromatic carbocycles. The van der Waals surface area contributed by atoms with E-state index in [1.165, 1.54) is 23.5 Å². The van der Waals surface area contributed by atoms with Gasteiger partial charge in [0.05, 0.1) is 10.2 Å². The van der Waals surface area contributed by atoms with E-state index >= 15 is 0 Å². The van der Waals surface area contributed by atoms with E-state index in [-0.39, 0.29) is 5.82 Å². The van der Waals surface area contributed by atoms with Gasteiger partial charge in [-0.1, -0.05) is 15.9 Å². The Morgan fingerprint density at radius 3 is 2.78 bits per heavy atom. The average Bonchev–Trinajstić information content (AvgIpc) is 2.71. The number of fused-ring (bicyclic) bond motifs is 1. The molecule has 0 unspecified atom stereocenters. The highest BCUT2D eigenvalue weighted by atomic mass is 79.9. The minimum Gasteiger partial charge on any atom is -0.398 e. The number of rotatable bonds is 1. The van der Waals surface area contributed by atoms with Crippen molar-refractivity contribution in [2.75, 3.05) is 5.73 Å². The van der Waals surface area contributed by atoms with Crippen molar-refractivity contribution >= 4 is 43.2 Å². The number of nitrogen functional groups attached to an aromatic ring is 1. The lowest BCUT2D eigenvalue weighted by Crippen LogP contribution is -1.89. The minimum absolute atomic E-state index is 0.249. The predicted molar refractivity (Wildman–Crippen MR) is 77.1 cm³/mol. The van der Waals surface area contributed by atoms with Crippen LogP contribution < -0.4 is 5.73 Å². The number of hydrogen-bond acceptors (Lipinski definition) is 3. The molecule has 3 aromatic rings. The van der Waals surface area contributed by atoms with Gasteiger partial charge in [0.25, 0.3) is 0 Å². The molecule has 0 spiro atoms. The Labute approximate surface area is 115 Å². The maximum Gasteiger partial charge on any atom is 0.126 e. The lowest BCUT2D eigenvalue weighted by atomic mass is 10.2. The fourth-order valence-corrected chi connectivity index (χ4v) is 3.16. The van der Waals surface area contributed by atoms with E-state index < -0.39 is 0 Å². The molecule has 1 heterocycles. The largest absolute Gasteiger partial charge is 0.398 e. The Balaban J connectivity index is 2.19. The number of hydrogen-bond donors (Lipinski definition) is 1. The highest BCUT2D eigenvalue weighted by Crippen LogP contribution is 2.34. The van der Waals surface area contributed by atoms with Crippen molar-refractivity contribution in [2.24, 2.45) is 0 Å². The van der Waals surface area contributed by atoms with Gasteiger partial charge in [0.15, 0.2) is 0 Å². The van der Waals surface area contributed by atoms with E-state index in [2.05, 4.69) is 20.9 Å². The van der Waals surface area contributed by atoms with Crippen molar-refractivity contribution in [3.63, 3.8) is 0 Å². The van der Waals surface area contributed by atoms with E-state index in [1.54, 1.807) is 6.07 Å². The second kappa shape index (κ2) is 4.33. The number of benzene rings is 2. The summed E-state index contributed by atoms with van der Waals surface area (Å²) in [6, 6.07) is 10.2. The first kappa shape index (κ1) is 11.6. The van der Waals surface area contributed by atoms with E-state index in [0.29, 0.717) is 5.69 Å². The van der Waals surface area contributed by atoms with Gasteiger partial charge >= 0.3 is 0 Å². The lowest BCUT2D eigenvalue weighted by Gasteiger charge is -2.01. The third-order valence-corrected chi connectivity index (χ3v) is 4.14. The number of thiazole rings is 1. The summed E-state index contributed by atoms with van der Waals surface area (Å²) in [4.78, 5) is 4.47. The van der Waals surface area contributed by atoms with Crippen molar-refractivity contribution in [1.29, 1.82) is 0 Å². The van der Waals surface area contributed by atoms with Crippen LogP contribution in [0.3, 0.4) is 0 Å². The van der Waals surface area contributed by atoms with Crippen LogP contribution in [0.25, 0.3) is 20.8 Å². The third kappa shape index (κ3) is 2.00. The zero-order chi connectivity index (χ0) is 12.7. The number of nitrogens with zero attached hydrogens (tertiary/aromatic N) is 1. The summed E-state index contributed by atoms with van der Waals surface area (Å²) in [6.07, 6.45) is 0. The molecule has 0 saturated heterocycles. The molecule has 1 aromatic heterocycles. The molecule has 2 N–H and O–H groups in total. The Morgan fingerprint density at radius 2 is 2.00 bits per heavy atom. The standard InChI is InChI=1S/C13H8BrFN2S/c14-7-1-3-9(10(16)5-7)13-17-11-4-2-8(15)6-12(11)18-13/h1-6H,16H2. The first-order valence-corrected chi connectivity index (χ1v) is 6.86. The van der Waals surface area contributed by atoms with Crippen molar-refractivity contribution in [2.45, 2.75) is 0 Å². The molecule has 2 nitrogen and oxygen atoms in total. The maximum atomic E-state index is 13.1. The molecule has 0 aliphatic rings. The third-order valence-electron chi connectivity index (χ3n) is 2.59. The molecule has 5 heteroatoms. The Hall–Kier alpha value is -1.46. The number of halogens is 2. The molecule has 0 atom stereocenters. The molecular formula is C13H8BrFN2S. The topological polar surface area (TPSA) is 38.9 Å².